The zero-order valence-electron chi connectivity index (χ0n) is 7.66. The Labute approximate surface area is 77.4 Å². The van der Waals surface area contributed by atoms with E-state index in [9.17, 15) is 0 Å². The number of aromatic nitrogens is 3. The highest BCUT2D eigenvalue weighted by Gasteiger charge is 2.26. The Hall–Kier alpha value is -0.900. The Morgan fingerprint density at radius 2 is 2.15 bits per heavy atom. The molecule has 0 radical (unpaired) electrons. The second-order valence-electron chi connectivity index (χ2n) is 3.94. The van der Waals surface area contributed by atoms with Gasteiger partial charge in [-0.05, 0) is 12.8 Å². The third kappa shape index (κ3) is 1.09. The van der Waals surface area contributed by atoms with Crippen LogP contribution in [0, 0.1) is 0 Å². The molecule has 0 bridgehead atoms. The standard InChI is InChI=1S/C9H14N4/c1-2-4-13-8(3-1)11-12-9(13)7-5-10-6-7/h7,10H,1-6H2. The lowest BCUT2D eigenvalue weighted by Crippen LogP contribution is -2.41. The molecule has 0 aliphatic carbocycles. The molecule has 2 aliphatic rings. The first-order chi connectivity index (χ1) is 6.45. The second-order valence-corrected chi connectivity index (χ2v) is 3.94. The molecule has 1 aromatic rings. The summed E-state index contributed by atoms with van der Waals surface area (Å²) in [5.74, 6) is 3.04. The second kappa shape index (κ2) is 2.80. The van der Waals surface area contributed by atoms with E-state index in [1.54, 1.807) is 0 Å². The smallest absolute Gasteiger partial charge is 0.138 e. The highest BCUT2D eigenvalue weighted by Crippen LogP contribution is 2.22. The molecule has 13 heavy (non-hydrogen) atoms. The summed E-state index contributed by atoms with van der Waals surface area (Å²) in [4.78, 5) is 0. The van der Waals surface area contributed by atoms with E-state index in [2.05, 4.69) is 20.1 Å². The average molecular weight is 178 g/mol. The van der Waals surface area contributed by atoms with Gasteiger partial charge in [0.2, 0.25) is 0 Å². The molecule has 2 aliphatic heterocycles. The summed E-state index contributed by atoms with van der Waals surface area (Å²) in [6.07, 6.45) is 3.69. The molecule has 4 heteroatoms. The maximum atomic E-state index is 4.29. The minimum Gasteiger partial charge on any atom is -0.315 e. The Balaban J connectivity index is 1.95. The highest BCUT2D eigenvalue weighted by molar-refractivity contribution is 5.08. The monoisotopic (exact) mass is 178 g/mol. The van der Waals surface area contributed by atoms with Crippen LogP contribution in [0.2, 0.25) is 0 Å². The maximum Gasteiger partial charge on any atom is 0.138 e. The first-order valence-corrected chi connectivity index (χ1v) is 5.08. The lowest BCUT2D eigenvalue weighted by atomic mass is 10.0. The van der Waals surface area contributed by atoms with Gasteiger partial charge in [0.15, 0.2) is 0 Å². The van der Waals surface area contributed by atoms with Gasteiger partial charge < -0.3 is 9.88 Å². The molecule has 1 aromatic heterocycles. The summed E-state index contributed by atoms with van der Waals surface area (Å²) >= 11 is 0. The lowest BCUT2D eigenvalue weighted by molar-refractivity contribution is 0.400. The van der Waals surface area contributed by atoms with Crippen molar-refractivity contribution in [3.05, 3.63) is 11.6 Å². The van der Waals surface area contributed by atoms with Crippen molar-refractivity contribution in [1.82, 2.24) is 20.1 Å². The van der Waals surface area contributed by atoms with Crippen molar-refractivity contribution < 1.29 is 0 Å². The van der Waals surface area contributed by atoms with Crippen molar-refractivity contribution >= 4 is 0 Å². The normalized spacial score (nSPS) is 22.5. The minimum atomic E-state index is 0.624. The molecule has 1 saturated heterocycles. The first-order valence-electron chi connectivity index (χ1n) is 5.08. The van der Waals surface area contributed by atoms with Gasteiger partial charge in [-0.15, -0.1) is 10.2 Å². The van der Waals surface area contributed by atoms with Crippen LogP contribution >= 0.6 is 0 Å². The van der Waals surface area contributed by atoms with Crippen LogP contribution in [0.25, 0.3) is 0 Å². The molecule has 0 amide bonds. The molecule has 4 nitrogen and oxygen atoms in total. The topological polar surface area (TPSA) is 42.7 Å². The minimum absolute atomic E-state index is 0.624. The van der Waals surface area contributed by atoms with Gasteiger partial charge in [-0.1, -0.05) is 0 Å². The third-order valence-electron chi connectivity index (χ3n) is 3.03. The number of nitrogens with one attached hydrogen (secondary N) is 1. The summed E-state index contributed by atoms with van der Waals surface area (Å²) in [6.45, 7) is 3.30. The number of fused-ring (bicyclic) bond motifs is 1. The van der Waals surface area contributed by atoms with E-state index in [1.807, 2.05) is 0 Å². The van der Waals surface area contributed by atoms with Crippen molar-refractivity contribution in [1.29, 1.82) is 0 Å². The fourth-order valence-electron chi connectivity index (χ4n) is 2.10. The molecule has 1 N–H and O–H groups in total. The van der Waals surface area contributed by atoms with Gasteiger partial charge in [-0.2, -0.15) is 0 Å². The molecule has 0 unspecified atom stereocenters. The largest absolute Gasteiger partial charge is 0.315 e. The van der Waals surface area contributed by atoms with Crippen LogP contribution < -0.4 is 5.32 Å². The van der Waals surface area contributed by atoms with Gasteiger partial charge in [0.1, 0.15) is 11.6 Å². The highest BCUT2D eigenvalue weighted by atomic mass is 15.3. The average Bonchev–Trinajstić information content (AvgIpc) is 2.47. The molecule has 0 saturated carbocycles. The zero-order chi connectivity index (χ0) is 8.67. The third-order valence-corrected chi connectivity index (χ3v) is 3.03. The van der Waals surface area contributed by atoms with Crippen molar-refractivity contribution in [2.24, 2.45) is 0 Å². The van der Waals surface area contributed by atoms with Crippen LogP contribution in [0.15, 0.2) is 0 Å². The lowest BCUT2D eigenvalue weighted by Gasteiger charge is -2.27. The molecule has 0 atom stereocenters. The van der Waals surface area contributed by atoms with Crippen molar-refractivity contribution in [2.45, 2.75) is 31.7 Å². The van der Waals surface area contributed by atoms with Gasteiger partial charge in [0, 0.05) is 32.0 Å². The molecular weight excluding hydrogens is 164 g/mol. The predicted octanol–water partition coefficient (Wildman–Crippen LogP) is 0.301. The molecule has 0 aromatic carbocycles. The van der Waals surface area contributed by atoms with E-state index in [1.165, 1.54) is 24.5 Å². The molecule has 3 heterocycles. The van der Waals surface area contributed by atoms with E-state index < -0.39 is 0 Å². The van der Waals surface area contributed by atoms with Gasteiger partial charge in [0.25, 0.3) is 0 Å². The summed E-state index contributed by atoms with van der Waals surface area (Å²) in [6, 6.07) is 0. The van der Waals surface area contributed by atoms with Crippen molar-refractivity contribution in [3.8, 4) is 0 Å². The van der Waals surface area contributed by atoms with Crippen LogP contribution in [-0.2, 0) is 13.0 Å². The summed E-state index contributed by atoms with van der Waals surface area (Å²) < 4.78 is 2.33. The SMILES string of the molecule is C1CCn2c(nnc2C2CNC2)C1. The van der Waals surface area contributed by atoms with Crippen LogP contribution in [0.4, 0.5) is 0 Å². The molecule has 1 fully saturated rings. The Kier molecular flexibility index (Phi) is 1.62. The summed E-state index contributed by atoms with van der Waals surface area (Å²) in [7, 11) is 0. The Morgan fingerprint density at radius 3 is 2.92 bits per heavy atom. The predicted molar refractivity (Wildman–Crippen MR) is 48.6 cm³/mol. The van der Waals surface area contributed by atoms with Gasteiger partial charge >= 0.3 is 0 Å². The fraction of sp³-hybridized carbons (Fsp3) is 0.778. The van der Waals surface area contributed by atoms with Gasteiger partial charge in [0.05, 0.1) is 0 Å². The van der Waals surface area contributed by atoms with Crippen LogP contribution in [-0.4, -0.2) is 27.9 Å². The van der Waals surface area contributed by atoms with E-state index >= 15 is 0 Å². The van der Waals surface area contributed by atoms with E-state index in [4.69, 9.17) is 0 Å². The van der Waals surface area contributed by atoms with Crippen molar-refractivity contribution in [2.75, 3.05) is 13.1 Å². The molecule has 0 spiro atoms. The zero-order valence-corrected chi connectivity index (χ0v) is 7.66. The number of hydrogen-bond acceptors (Lipinski definition) is 3. The Morgan fingerprint density at radius 1 is 1.23 bits per heavy atom. The van der Waals surface area contributed by atoms with E-state index in [0.717, 1.165) is 26.1 Å². The quantitative estimate of drug-likeness (QED) is 0.672. The summed E-state index contributed by atoms with van der Waals surface area (Å²) in [5.41, 5.74) is 0. The Bertz CT molecular complexity index is 313. The number of rotatable bonds is 1. The van der Waals surface area contributed by atoms with Crippen LogP contribution in [0.3, 0.4) is 0 Å². The van der Waals surface area contributed by atoms with Crippen molar-refractivity contribution in [3.63, 3.8) is 0 Å². The van der Waals surface area contributed by atoms with Gasteiger partial charge in [-0.3, -0.25) is 0 Å². The maximum absolute atomic E-state index is 4.29. The van der Waals surface area contributed by atoms with Crippen LogP contribution in [0.5, 0.6) is 0 Å². The van der Waals surface area contributed by atoms with Gasteiger partial charge in [-0.25, -0.2) is 0 Å². The fourth-order valence-corrected chi connectivity index (χ4v) is 2.10. The number of nitrogens with zero attached hydrogens (tertiary/aromatic N) is 3. The molecule has 70 valence electrons. The first kappa shape index (κ1) is 7.50. The summed E-state index contributed by atoms with van der Waals surface area (Å²) in [5, 5.41) is 11.8. The van der Waals surface area contributed by atoms with E-state index in [-0.39, 0.29) is 0 Å². The number of aryl methyl sites for hydroxylation is 1. The number of hydrogen-bond donors (Lipinski definition) is 1. The molecular formula is C9H14N4. The van der Waals surface area contributed by atoms with Crippen LogP contribution in [0.1, 0.15) is 30.4 Å². The van der Waals surface area contributed by atoms with E-state index in [0.29, 0.717) is 5.92 Å². The molecule has 3 rings (SSSR count).